The monoisotopic (exact) mass is 385 g/mol. The average molecular weight is 385 g/mol. The predicted octanol–water partition coefficient (Wildman–Crippen LogP) is 4.04. The highest BCUT2D eigenvalue weighted by Gasteiger charge is 2.19. The Morgan fingerprint density at radius 1 is 1.07 bits per heavy atom. The van der Waals surface area contributed by atoms with Crippen LogP contribution in [-0.2, 0) is 0 Å². The minimum absolute atomic E-state index is 0.122. The van der Waals surface area contributed by atoms with Gasteiger partial charge in [0.15, 0.2) is 11.5 Å². The van der Waals surface area contributed by atoms with Crippen LogP contribution in [0.25, 0.3) is 11.3 Å². The van der Waals surface area contributed by atoms with Crippen molar-refractivity contribution in [3.8, 4) is 11.3 Å². The van der Waals surface area contributed by atoms with Gasteiger partial charge in [-0.1, -0.05) is 17.3 Å². The van der Waals surface area contributed by atoms with Gasteiger partial charge in [-0.2, -0.15) is 0 Å². The number of benzene rings is 2. The molecule has 0 spiro atoms. The smallest absolute Gasteiger partial charge is 0.273 e. The Morgan fingerprint density at radius 3 is 2.29 bits per heavy atom. The lowest BCUT2D eigenvalue weighted by Gasteiger charge is -2.20. The van der Waals surface area contributed by atoms with Gasteiger partial charge in [-0.25, -0.2) is 8.78 Å². The first-order chi connectivity index (χ1) is 13.4. The van der Waals surface area contributed by atoms with Crippen molar-refractivity contribution in [1.29, 1.82) is 0 Å². The van der Waals surface area contributed by atoms with E-state index in [0.717, 1.165) is 12.1 Å². The molecule has 7 heteroatoms. The number of rotatable bonds is 7. The lowest BCUT2D eigenvalue weighted by atomic mass is 10.0. The summed E-state index contributed by atoms with van der Waals surface area (Å²) in [6.07, 6.45) is 0.646. The molecule has 1 aromatic heterocycles. The Kier molecular flexibility index (Phi) is 6.16. The minimum Gasteiger partial charge on any atom is -0.355 e. The molecule has 3 aromatic rings. The summed E-state index contributed by atoms with van der Waals surface area (Å²) in [4.78, 5) is 14.7. The van der Waals surface area contributed by atoms with E-state index in [0.29, 0.717) is 17.7 Å². The van der Waals surface area contributed by atoms with Crippen LogP contribution in [0.4, 0.5) is 8.78 Å². The summed E-state index contributed by atoms with van der Waals surface area (Å²) in [7, 11) is 3.88. The molecule has 0 saturated carbocycles. The Bertz CT molecular complexity index is 922. The van der Waals surface area contributed by atoms with Crippen LogP contribution in [0.2, 0.25) is 0 Å². The molecule has 1 atom stereocenters. The van der Waals surface area contributed by atoms with Crippen LogP contribution in [0.5, 0.6) is 0 Å². The number of carbonyl (C=O) groups is 1. The van der Waals surface area contributed by atoms with Crippen molar-refractivity contribution in [3.63, 3.8) is 0 Å². The summed E-state index contributed by atoms with van der Waals surface area (Å²) in [6, 6.07) is 13.0. The molecule has 0 aliphatic heterocycles. The second kappa shape index (κ2) is 8.75. The van der Waals surface area contributed by atoms with E-state index in [4.69, 9.17) is 4.52 Å². The molecule has 0 aliphatic rings. The number of amides is 1. The first kappa shape index (κ1) is 19.7. The molecule has 2 aromatic carbocycles. The van der Waals surface area contributed by atoms with Crippen LogP contribution in [-0.4, -0.2) is 36.6 Å². The van der Waals surface area contributed by atoms with Gasteiger partial charge in [0.05, 0.1) is 6.04 Å². The second-order valence-electron chi connectivity index (χ2n) is 6.75. The van der Waals surface area contributed by atoms with Gasteiger partial charge in [0.2, 0.25) is 0 Å². The van der Waals surface area contributed by atoms with Crippen LogP contribution >= 0.6 is 0 Å². The highest BCUT2D eigenvalue weighted by molar-refractivity contribution is 5.93. The van der Waals surface area contributed by atoms with Crippen LogP contribution in [0.15, 0.2) is 59.1 Å². The van der Waals surface area contributed by atoms with Crippen molar-refractivity contribution in [3.05, 3.63) is 77.5 Å². The molecule has 1 amide bonds. The Labute approximate surface area is 162 Å². The van der Waals surface area contributed by atoms with E-state index in [1.54, 1.807) is 24.3 Å². The predicted molar refractivity (Wildman–Crippen MR) is 102 cm³/mol. The van der Waals surface area contributed by atoms with Gasteiger partial charge >= 0.3 is 0 Å². The van der Waals surface area contributed by atoms with E-state index in [-0.39, 0.29) is 23.4 Å². The number of aromatic nitrogens is 1. The fourth-order valence-electron chi connectivity index (χ4n) is 2.77. The zero-order chi connectivity index (χ0) is 20.1. The fraction of sp³-hybridized carbons (Fsp3) is 0.238. The summed E-state index contributed by atoms with van der Waals surface area (Å²) >= 11 is 0. The zero-order valence-corrected chi connectivity index (χ0v) is 15.7. The maximum Gasteiger partial charge on any atom is 0.273 e. The normalized spacial score (nSPS) is 12.2. The Balaban J connectivity index is 1.75. The molecular weight excluding hydrogens is 364 g/mol. The number of halogens is 2. The van der Waals surface area contributed by atoms with Crippen LogP contribution in [0.1, 0.15) is 28.5 Å². The van der Waals surface area contributed by atoms with Gasteiger partial charge < -0.3 is 14.7 Å². The van der Waals surface area contributed by atoms with E-state index in [9.17, 15) is 13.6 Å². The number of hydrogen-bond acceptors (Lipinski definition) is 4. The van der Waals surface area contributed by atoms with Crippen LogP contribution in [0, 0.1) is 11.6 Å². The van der Waals surface area contributed by atoms with E-state index in [2.05, 4.69) is 10.5 Å². The number of hydrogen-bond donors (Lipinski definition) is 1. The first-order valence-electron chi connectivity index (χ1n) is 8.86. The van der Waals surface area contributed by atoms with Crippen LogP contribution in [0.3, 0.4) is 0 Å². The SMILES string of the molecule is CN(C)CCC(NC(=O)c1cc(-c2ccc(F)cc2)on1)c1ccc(F)cc1. The van der Waals surface area contributed by atoms with Gasteiger partial charge in [-0.15, -0.1) is 0 Å². The molecular formula is C21H21F2N3O2. The van der Waals surface area contributed by atoms with Crippen molar-refractivity contribution in [1.82, 2.24) is 15.4 Å². The highest BCUT2D eigenvalue weighted by atomic mass is 19.1. The molecule has 0 aliphatic carbocycles. The number of carbonyl (C=O) groups excluding carboxylic acids is 1. The van der Waals surface area contributed by atoms with Crippen LogP contribution < -0.4 is 5.32 Å². The molecule has 1 heterocycles. The topological polar surface area (TPSA) is 58.4 Å². The van der Waals surface area contributed by atoms with Crippen molar-refractivity contribution < 1.29 is 18.1 Å². The fourth-order valence-corrected chi connectivity index (χ4v) is 2.77. The third kappa shape index (κ3) is 5.01. The molecule has 0 bridgehead atoms. The lowest BCUT2D eigenvalue weighted by molar-refractivity contribution is 0.0923. The van der Waals surface area contributed by atoms with Crippen molar-refractivity contribution in [2.24, 2.45) is 0 Å². The van der Waals surface area contributed by atoms with E-state index >= 15 is 0 Å². The lowest BCUT2D eigenvalue weighted by Crippen LogP contribution is -2.31. The highest BCUT2D eigenvalue weighted by Crippen LogP contribution is 2.22. The number of nitrogens with zero attached hydrogens (tertiary/aromatic N) is 2. The van der Waals surface area contributed by atoms with E-state index in [1.165, 1.54) is 30.3 Å². The van der Waals surface area contributed by atoms with E-state index < -0.39 is 5.91 Å². The molecule has 0 saturated heterocycles. The molecule has 0 fully saturated rings. The maximum atomic E-state index is 13.2. The largest absolute Gasteiger partial charge is 0.355 e. The second-order valence-corrected chi connectivity index (χ2v) is 6.75. The molecule has 28 heavy (non-hydrogen) atoms. The van der Waals surface area contributed by atoms with Crippen molar-refractivity contribution in [2.45, 2.75) is 12.5 Å². The third-order valence-electron chi connectivity index (χ3n) is 4.31. The van der Waals surface area contributed by atoms with Crippen molar-refractivity contribution in [2.75, 3.05) is 20.6 Å². The molecule has 1 unspecified atom stereocenters. The van der Waals surface area contributed by atoms with Gasteiger partial charge in [0, 0.05) is 11.6 Å². The van der Waals surface area contributed by atoms with Gasteiger partial charge in [-0.05, 0) is 69.0 Å². The summed E-state index contributed by atoms with van der Waals surface area (Å²) in [6.45, 7) is 0.738. The summed E-state index contributed by atoms with van der Waals surface area (Å²) in [5.41, 5.74) is 1.55. The molecule has 5 nitrogen and oxygen atoms in total. The zero-order valence-electron chi connectivity index (χ0n) is 15.7. The Morgan fingerprint density at radius 2 is 1.68 bits per heavy atom. The minimum atomic E-state index is -0.398. The standard InChI is InChI=1S/C21H21F2N3O2/c1-26(2)12-11-18(14-3-7-16(22)8-4-14)24-21(27)19-13-20(28-25-19)15-5-9-17(23)10-6-15/h3-10,13,18H,11-12H2,1-2H3,(H,24,27). The summed E-state index contributed by atoms with van der Waals surface area (Å²) in [5, 5.41) is 6.75. The van der Waals surface area contributed by atoms with Gasteiger partial charge in [-0.3, -0.25) is 4.79 Å². The number of nitrogens with one attached hydrogen (secondary N) is 1. The summed E-state index contributed by atoms with van der Waals surface area (Å²) in [5.74, 6) is -0.715. The summed E-state index contributed by atoms with van der Waals surface area (Å²) < 4.78 is 31.5. The quantitative estimate of drug-likeness (QED) is 0.667. The van der Waals surface area contributed by atoms with Gasteiger partial charge in [0.25, 0.3) is 5.91 Å². The molecule has 3 rings (SSSR count). The molecule has 0 radical (unpaired) electrons. The first-order valence-corrected chi connectivity index (χ1v) is 8.86. The molecule has 1 N–H and O–H groups in total. The van der Waals surface area contributed by atoms with Gasteiger partial charge in [0.1, 0.15) is 11.6 Å². The third-order valence-corrected chi connectivity index (χ3v) is 4.31. The average Bonchev–Trinajstić information content (AvgIpc) is 3.16. The van der Waals surface area contributed by atoms with Crippen molar-refractivity contribution >= 4 is 5.91 Å². The Hall–Kier alpha value is -3.06. The maximum absolute atomic E-state index is 13.2. The molecule has 146 valence electrons. The van der Waals surface area contributed by atoms with E-state index in [1.807, 2.05) is 19.0 Å².